The van der Waals surface area contributed by atoms with Crippen molar-refractivity contribution in [2.45, 2.75) is 6.42 Å². The maximum absolute atomic E-state index is 11.8. The van der Waals surface area contributed by atoms with Gasteiger partial charge in [0.2, 0.25) is 0 Å². The van der Waals surface area contributed by atoms with E-state index in [9.17, 15) is 4.79 Å². The lowest BCUT2D eigenvalue weighted by Crippen LogP contribution is -2.33. The molecule has 0 unspecified atom stereocenters. The number of aromatic nitrogens is 3. The summed E-state index contributed by atoms with van der Waals surface area (Å²) in [5.41, 5.74) is 2.57. The lowest BCUT2D eigenvalue weighted by molar-refractivity contribution is -0.126. The summed E-state index contributed by atoms with van der Waals surface area (Å²) in [5, 5.41) is 10.6. The predicted octanol–water partition coefficient (Wildman–Crippen LogP) is 1.23. The van der Waals surface area contributed by atoms with Gasteiger partial charge >= 0.3 is 0 Å². The molecule has 0 saturated heterocycles. The van der Waals surface area contributed by atoms with E-state index in [0.29, 0.717) is 6.54 Å². The van der Waals surface area contributed by atoms with Gasteiger partial charge in [0, 0.05) is 6.54 Å². The molecule has 1 aromatic heterocycles. The first-order chi connectivity index (χ1) is 11.8. The first kappa shape index (κ1) is 15.8. The SMILES string of the molecule is COc1ccc(CCNC(=O)COn2nnc3ccccc32)cc1. The molecule has 0 fully saturated rings. The molecule has 24 heavy (non-hydrogen) atoms. The summed E-state index contributed by atoms with van der Waals surface area (Å²) >= 11 is 0. The molecule has 0 radical (unpaired) electrons. The van der Waals surface area contributed by atoms with Gasteiger partial charge in [-0.05, 0) is 41.5 Å². The predicted molar refractivity (Wildman–Crippen MR) is 88.7 cm³/mol. The molecule has 0 bridgehead atoms. The molecule has 124 valence electrons. The van der Waals surface area contributed by atoms with Crippen molar-refractivity contribution in [3.05, 3.63) is 54.1 Å². The van der Waals surface area contributed by atoms with Crippen LogP contribution < -0.4 is 14.9 Å². The fourth-order valence-electron chi connectivity index (χ4n) is 2.25. The zero-order chi connectivity index (χ0) is 16.8. The lowest BCUT2D eigenvalue weighted by atomic mass is 10.1. The van der Waals surface area contributed by atoms with Gasteiger partial charge in [0.15, 0.2) is 6.61 Å². The van der Waals surface area contributed by atoms with Crippen molar-refractivity contribution in [2.24, 2.45) is 0 Å². The molecule has 0 aliphatic heterocycles. The third-order valence-corrected chi connectivity index (χ3v) is 3.53. The Labute approximate surface area is 139 Å². The molecule has 0 saturated carbocycles. The van der Waals surface area contributed by atoms with Crippen LogP contribution in [0.3, 0.4) is 0 Å². The van der Waals surface area contributed by atoms with E-state index < -0.39 is 0 Å². The van der Waals surface area contributed by atoms with Gasteiger partial charge < -0.3 is 14.9 Å². The minimum atomic E-state index is -0.205. The van der Waals surface area contributed by atoms with Crippen molar-refractivity contribution in [3.8, 4) is 5.75 Å². The number of hydrogen-bond donors (Lipinski definition) is 1. The maximum atomic E-state index is 11.8. The van der Waals surface area contributed by atoms with Crippen LogP contribution in [0.25, 0.3) is 11.0 Å². The number of nitrogens with one attached hydrogen (secondary N) is 1. The van der Waals surface area contributed by atoms with Crippen LogP contribution in [-0.4, -0.2) is 41.3 Å². The zero-order valence-electron chi connectivity index (χ0n) is 13.3. The van der Waals surface area contributed by atoms with E-state index in [2.05, 4.69) is 15.6 Å². The minimum Gasteiger partial charge on any atom is -0.497 e. The minimum absolute atomic E-state index is 0.115. The molecular formula is C17H18N4O3. The Morgan fingerprint density at radius 1 is 1.17 bits per heavy atom. The van der Waals surface area contributed by atoms with Crippen molar-refractivity contribution in [1.82, 2.24) is 20.5 Å². The highest BCUT2D eigenvalue weighted by molar-refractivity contribution is 5.77. The van der Waals surface area contributed by atoms with Gasteiger partial charge in [-0.1, -0.05) is 29.1 Å². The second-order valence-electron chi connectivity index (χ2n) is 5.17. The molecule has 1 amide bonds. The van der Waals surface area contributed by atoms with Crippen LogP contribution in [0.1, 0.15) is 5.56 Å². The van der Waals surface area contributed by atoms with Gasteiger partial charge in [-0.2, -0.15) is 0 Å². The van der Waals surface area contributed by atoms with Crippen LogP contribution in [0.4, 0.5) is 0 Å². The van der Waals surface area contributed by atoms with E-state index in [4.69, 9.17) is 9.57 Å². The number of fused-ring (bicyclic) bond motifs is 1. The number of para-hydroxylation sites is 1. The van der Waals surface area contributed by atoms with Crippen molar-refractivity contribution in [1.29, 1.82) is 0 Å². The van der Waals surface area contributed by atoms with E-state index in [0.717, 1.165) is 28.8 Å². The summed E-state index contributed by atoms with van der Waals surface area (Å²) in [6.07, 6.45) is 0.738. The third-order valence-electron chi connectivity index (χ3n) is 3.53. The van der Waals surface area contributed by atoms with Crippen LogP contribution in [0, 0.1) is 0 Å². The highest BCUT2D eigenvalue weighted by Crippen LogP contribution is 2.11. The Kier molecular flexibility index (Phi) is 4.90. The van der Waals surface area contributed by atoms with Crippen LogP contribution in [0.5, 0.6) is 5.75 Å². The van der Waals surface area contributed by atoms with Crippen LogP contribution in [-0.2, 0) is 11.2 Å². The van der Waals surface area contributed by atoms with Crippen molar-refractivity contribution in [3.63, 3.8) is 0 Å². The highest BCUT2D eigenvalue weighted by atomic mass is 16.7. The molecule has 0 aliphatic rings. The van der Waals surface area contributed by atoms with E-state index in [-0.39, 0.29) is 12.5 Å². The summed E-state index contributed by atoms with van der Waals surface area (Å²) in [6.45, 7) is 0.419. The summed E-state index contributed by atoms with van der Waals surface area (Å²) in [5.74, 6) is 0.610. The zero-order valence-corrected chi connectivity index (χ0v) is 13.3. The lowest BCUT2D eigenvalue weighted by Gasteiger charge is -2.07. The topological polar surface area (TPSA) is 78.3 Å². The highest BCUT2D eigenvalue weighted by Gasteiger charge is 2.07. The van der Waals surface area contributed by atoms with Crippen LogP contribution in [0.15, 0.2) is 48.5 Å². The smallest absolute Gasteiger partial charge is 0.260 e. The Balaban J connectivity index is 1.44. The molecular weight excluding hydrogens is 308 g/mol. The Morgan fingerprint density at radius 3 is 2.75 bits per heavy atom. The average Bonchev–Trinajstić information content (AvgIpc) is 3.04. The quantitative estimate of drug-likeness (QED) is 0.706. The number of rotatable bonds is 7. The number of carbonyl (C=O) groups excluding carboxylic acids is 1. The summed E-state index contributed by atoms with van der Waals surface area (Å²) < 4.78 is 5.11. The third kappa shape index (κ3) is 3.81. The number of amides is 1. The van der Waals surface area contributed by atoms with Gasteiger partial charge in [-0.3, -0.25) is 4.79 Å². The van der Waals surface area contributed by atoms with Crippen molar-refractivity contribution in [2.75, 3.05) is 20.3 Å². The van der Waals surface area contributed by atoms with Gasteiger partial charge in [0.1, 0.15) is 16.8 Å². The summed E-state index contributed by atoms with van der Waals surface area (Å²) in [7, 11) is 1.63. The second kappa shape index (κ2) is 7.45. The van der Waals surface area contributed by atoms with E-state index >= 15 is 0 Å². The van der Waals surface area contributed by atoms with Crippen LogP contribution >= 0.6 is 0 Å². The average molecular weight is 326 g/mol. The summed E-state index contributed by atoms with van der Waals surface area (Å²) in [6, 6.07) is 15.1. The number of benzene rings is 2. The number of nitrogens with zero attached hydrogens (tertiary/aromatic N) is 3. The van der Waals surface area contributed by atoms with Gasteiger partial charge in [-0.25, -0.2) is 0 Å². The fourth-order valence-corrected chi connectivity index (χ4v) is 2.25. The van der Waals surface area contributed by atoms with Gasteiger partial charge in [0.05, 0.1) is 7.11 Å². The molecule has 0 atom stereocenters. The number of methoxy groups -OCH3 is 1. The molecule has 0 spiro atoms. The molecule has 1 heterocycles. The van der Waals surface area contributed by atoms with E-state index in [1.54, 1.807) is 7.11 Å². The first-order valence-corrected chi connectivity index (χ1v) is 7.59. The van der Waals surface area contributed by atoms with Crippen LogP contribution in [0.2, 0.25) is 0 Å². The molecule has 0 aliphatic carbocycles. The summed E-state index contributed by atoms with van der Waals surface area (Å²) in [4.78, 5) is 18.5. The van der Waals surface area contributed by atoms with Crippen molar-refractivity contribution >= 4 is 16.9 Å². The molecule has 7 heteroatoms. The largest absolute Gasteiger partial charge is 0.497 e. The fraction of sp³-hybridized carbons (Fsp3) is 0.235. The molecule has 3 rings (SSSR count). The first-order valence-electron chi connectivity index (χ1n) is 7.59. The standard InChI is InChI=1S/C17H18N4O3/c1-23-14-8-6-13(7-9-14)10-11-18-17(22)12-24-21-16-5-3-2-4-15(16)19-20-21/h2-9H,10-12H2,1H3,(H,18,22). The van der Waals surface area contributed by atoms with E-state index in [1.165, 1.54) is 4.85 Å². The number of ether oxygens (including phenoxy) is 1. The monoisotopic (exact) mass is 326 g/mol. The number of hydrogen-bond acceptors (Lipinski definition) is 5. The number of carbonyl (C=O) groups is 1. The Morgan fingerprint density at radius 2 is 1.96 bits per heavy atom. The molecule has 2 aromatic carbocycles. The Bertz CT molecular complexity index is 814. The van der Waals surface area contributed by atoms with Crippen molar-refractivity contribution < 1.29 is 14.4 Å². The van der Waals surface area contributed by atoms with Gasteiger partial charge in [0.25, 0.3) is 5.91 Å². The Hall–Kier alpha value is -3.09. The normalized spacial score (nSPS) is 10.5. The molecule has 7 nitrogen and oxygen atoms in total. The van der Waals surface area contributed by atoms with Gasteiger partial charge in [-0.15, -0.1) is 5.10 Å². The second-order valence-corrected chi connectivity index (χ2v) is 5.17. The maximum Gasteiger partial charge on any atom is 0.260 e. The molecule has 1 N–H and O–H groups in total. The van der Waals surface area contributed by atoms with E-state index in [1.807, 2.05) is 48.5 Å². The molecule has 3 aromatic rings.